The summed E-state index contributed by atoms with van der Waals surface area (Å²) in [6.45, 7) is -0.402. The van der Waals surface area contributed by atoms with Crippen LogP contribution in [0.1, 0.15) is 23.1 Å². The molecule has 4 N–H and O–H groups in total. The van der Waals surface area contributed by atoms with Gasteiger partial charge in [-0.1, -0.05) is 0 Å². The average Bonchev–Trinajstić information content (AvgIpc) is 2.91. The second-order valence-corrected chi connectivity index (χ2v) is 4.06. The molecule has 10 nitrogen and oxygen atoms in total. The number of nitrogens with zero attached hydrogens (tertiary/aromatic N) is 3. The molecule has 0 unspecified atom stereocenters. The molecule has 1 aromatic rings. The molecule has 0 spiro atoms. The number of aromatic nitrogens is 2. The molecule has 1 aliphatic rings. The minimum absolute atomic E-state index is 0.0685. The van der Waals surface area contributed by atoms with Crippen molar-refractivity contribution in [3.63, 3.8) is 0 Å². The number of hydrogen-bond acceptors (Lipinski definition) is 7. The normalized spacial score (nSPS) is 26.5. The van der Waals surface area contributed by atoms with E-state index in [-0.39, 0.29) is 6.42 Å². The summed E-state index contributed by atoms with van der Waals surface area (Å²) in [5.74, 6) is -1.69. The maximum Gasteiger partial charge on any atom is 0.395 e. The predicted molar refractivity (Wildman–Crippen MR) is 59.0 cm³/mol. The lowest BCUT2D eigenvalue weighted by Gasteiger charge is -2.13. The highest BCUT2D eigenvalue weighted by Crippen LogP contribution is 2.31. The number of imidazole rings is 1. The topological polar surface area (TPSA) is 154 Å². The second-order valence-electron chi connectivity index (χ2n) is 4.06. The first-order chi connectivity index (χ1) is 8.95. The van der Waals surface area contributed by atoms with E-state index >= 15 is 0 Å². The van der Waals surface area contributed by atoms with E-state index < -0.39 is 47.4 Å². The summed E-state index contributed by atoms with van der Waals surface area (Å²) >= 11 is 0. The Hall–Kier alpha value is -2.04. The van der Waals surface area contributed by atoms with Gasteiger partial charge in [0.15, 0.2) is 0 Å². The molecule has 0 aliphatic carbocycles. The Balaban J connectivity index is 2.36. The maximum absolute atomic E-state index is 11.3. The molecule has 2 heterocycles. The number of nitrogens with two attached hydrogens (primary N) is 1. The minimum Gasteiger partial charge on any atom is -0.394 e. The van der Waals surface area contributed by atoms with Crippen LogP contribution < -0.4 is 5.73 Å². The highest BCUT2D eigenvalue weighted by molar-refractivity contribution is 5.94. The first kappa shape index (κ1) is 13.4. The van der Waals surface area contributed by atoms with Crippen molar-refractivity contribution in [3.8, 4) is 0 Å². The van der Waals surface area contributed by atoms with Gasteiger partial charge < -0.3 is 30.8 Å². The van der Waals surface area contributed by atoms with E-state index in [1.54, 1.807) is 0 Å². The summed E-state index contributed by atoms with van der Waals surface area (Å²) < 4.78 is 6.38. The lowest BCUT2D eigenvalue weighted by atomic mass is 10.2. The summed E-state index contributed by atoms with van der Waals surface area (Å²) in [7, 11) is 0. The first-order valence-electron chi connectivity index (χ1n) is 5.41. The Morgan fingerprint density at radius 2 is 2.42 bits per heavy atom. The van der Waals surface area contributed by atoms with E-state index in [4.69, 9.17) is 15.6 Å². The number of ether oxygens (including phenoxy) is 1. The quantitative estimate of drug-likeness (QED) is 0.446. The number of aliphatic hydroxyl groups is 2. The SMILES string of the molecule is NC(=O)c1c([N+](=O)[O-])ncn1[C@H]1C[C@H](O)[C@@H](CO)O1. The molecule has 1 saturated heterocycles. The number of amides is 1. The van der Waals surface area contributed by atoms with Crippen LogP contribution in [0.5, 0.6) is 0 Å². The van der Waals surface area contributed by atoms with Crippen molar-refractivity contribution in [2.24, 2.45) is 5.73 Å². The molecule has 3 atom stereocenters. The van der Waals surface area contributed by atoms with Gasteiger partial charge >= 0.3 is 5.82 Å². The number of rotatable bonds is 4. The van der Waals surface area contributed by atoms with Crippen LogP contribution in [0.2, 0.25) is 0 Å². The van der Waals surface area contributed by atoms with Gasteiger partial charge in [-0.25, -0.2) is 0 Å². The summed E-state index contributed by atoms with van der Waals surface area (Å²) in [6.07, 6.45) is -1.46. The molecule has 2 rings (SSSR count). The molecular formula is C9H12N4O6. The van der Waals surface area contributed by atoms with Crippen molar-refractivity contribution in [1.82, 2.24) is 9.55 Å². The van der Waals surface area contributed by atoms with Gasteiger partial charge in [-0.2, -0.15) is 0 Å². The van der Waals surface area contributed by atoms with Gasteiger partial charge in [0, 0.05) is 6.42 Å². The molecule has 1 aromatic heterocycles. The Bertz CT molecular complexity index is 515. The predicted octanol–water partition coefficient (Wildman–Crippen LogP) is -1.47. The average molecular weight is 272 g/mol. The van der Waals surface area contributed by atoms with Crippen LogP contribution in [-0.2, 0) is 4.74 Å². The molecule has 104 valence electrons. The number of nitro groups is 1. The highest BCUT2D eigenvalue weighted by atomic mass is 16.6. The lowest BCUT2D eigenvalue weighted by molar-refractivity contribution is -0.389. The Labute approximate surface area is 106 Å². The Morgan fingerprint density at radius 1 is 1.74 bits per heavy atom. The zero-order valence-corrected chi connectivity index (χ0v) is 9.67. The van der Waals surface area contributed by atoms with Gasteiger partial charge in [0.2, 0.25) is 12.0 Å². The molecule has 0 radical (unpaired) electrons. The number of aliphatic hydroxyl groups excluding tert-OH is 2. The summed E-state index contributed by atoms with van der Waals surface area (Å²) in [4.78, 5) is 24.7. The standard InChI is InChI=1S/C9H12N4O6/c10-8(16)7-9(13(17)18)11-3-12(7)6-1-4(15)5(2-14)19-6/h3-6,14-15H,1-2H2,(H2,10,16)/t4-,5+,6+/m0/s1. The van der Waals surface area contributed by atoms with Crippen molar-refractivity contribution < 1.29 is 24.7 Å². The summed E-state index contributed by atoms with van der Waals surface area (Å²) in [6, 6.07) is 0. The third kappa shape index (κ3) is 2.28. The number of carbonyl (C=O) groups excluding carboxylic acids is 1. The van der Waals surface area contributed by atoms with Gasteiger partial charge in [-0.05, 0) is 9.91 Å². The van der Waals surface area contributed by atoms with Crippen molar-refractivity contribution in [2.75, 3.05) is 6.61 Å². The van der Waals surface area contributed by atoms with Gasteiger partial charge in [-0.3, -0.25) is 9.36 Å². The highest BCUT2D eigenvalue weighted by Gasteiger charge is 2.38. The smallest absolute Gasteiger partial charge is 0.394 e. The molecule has 1 fully saturated rings. The molecule has 0 bridgehead atoms. The van der Waals surface area contributed by atoms with E-state index in [2.05, 4.69) is 4.98 Å². The molecule has 10 heteroatoms. The fourth-order valence-electron chi connectivity index (χ4n) is 1.99. The van der Waals surface area contributed by atoms with Gasteiger partial charge in [-0.15, -0.1) is 0 Å². The van der Waals surface area contributed by atoms with Crippen LogP contribution in [-0.4, -0.2) is 49.4 Å². The third-order valence-electron chi connectivity index (χ3n) is 2.88. The lowest BCUT2D eigenvalue weighted by Crippen LogP contribution is -2.24. The fraction of sp³-hybridized carbons (Fsp3) is 0.556. The third-order valence-corrected chi connectivity index (χ3v) is 2.88. The van der Waals surface area contributed by atoms with E-state index in [1.165, 1.54) is 0 Å². The molecule has 19 heavy (non-hydrogen) atoms. The van der Waals surface area contributed by atoms with E-state index in [0.717, 1.165) is 10.9 Å². The first-order valence-corrected chi connectivity index (χ1v) is 5.41. The van der Waals surface area contributed by atoms with Crippen LogP contribution in [0.25, 0.3) is 0 Å². The van der Waals surface area contributed by atoms with Crippen molar-refractivity contribution in [1.29, 1.82) is 0 Å². The van der Waals surface area contributed by atoms with E-state index in [1.807, 2.05) is 0 Å². The van der Waals surface area contributed by atoms with Crippen LogP contribution in [0.4, 0.5) is 5.82 Å². The van der Waals surface area contributed by atoms with Crippen molar-refractivity contribution in [2.45, 2.75) is 24.9 Å². The molecule has 0 aromatic carbocycles. The van der Waals surface area contributed by atoms with Crippen molar-refractivity contribution in [3.05, 3.63) is 22.1 Å². The Morgan fingerprint density at radius 3 is 2.89 bits per heavy atom. The molecular weight excluding hydrogens is 260 g/mol. The molecule has 1 amide bonds. The monoisotopic (exact) mass is 272 g/mol. The van der Waals surface area contributed by atoms with Gasteiger partial charge in [0.1, 0.15) is 12.3 Å². The van der Waals surface area contributed by atoms with Crippen LogP contribution in [0.3, 0.4) is 0 Å². The van der Waals surface area contributed by atoms with E-state index in [0.29, 0.717) is 0 Å². The van der Waals surface area contributed by atoms with Gasteiger partial charge in [0.05, 0.1) is 12.7 Å². The Kier molecular flexibility index (Phi) is 3.46. The zero-order valence-electron chi connectivity index (χ0n) is 9.67. The number of hydrogen-bond donors (Lipinski definition) is 3. The van der Waals surface area contributed by atoms with Gasteiger partial charge in [0.25, 0.3) is 5.91 Å². The largest absolute Gasteiger partial charge is 0.395 e. The van der Waals surface area contributed by atoms with Crippen LogP contribution >= 0.6 is 0 Å². The minimum atomic E-state index is -1.02. The van der Waals surface area contributed by atoms with Crippen LogP contribution in [0, 0.1) is 10.1 Å². The number of carbonyl (C=O) groups is 1. The molecule has 0 saturated carbocycles. The number of primary amides is 1. The maximum atomic E-state index is 11.3. The summed E-state index contributed by atoms with van der Waals surface area (Å²) in [5.41, 5.74) is 4.69. The van der Waals surface area contributed by atoms with Crippen molar-refractivity contribution >= 4 is 11.7 Å². The second kappa shape index (κ2) is 4.91. The van der Waals surface area contributed by atoms with E-state index in [9.17, 15) is 20.0 Å². The fourth-order valence-corrected chi connectivity index (χ4v) is 1.99. The summed E-state index contributed by atoms with van der Waals surface area (Å²) in [5, 5.41) is 29.3. The molecule has 1 aliphatic heterocycles. The zero-order chi connectivity index (χ0) is 14.2. The van der Waals surface area contributed by atoms with Crippen LogP contribution in [0.15, 0.2) is 6.33 Å².